The van der Waals surface area contributed by atoms with Crippen molar-refractivity contribution in [2.45, 2.75) is 11.8 Å². The molecule has 7 heteroatoms. The van der Waals surface area contributed by atoms with E-state index in [2.05, 4.69) is 5.32 Å². The van der Waals surface area contributed by atoms with Gasteiger partial charge in [-0.15, -0.1) is 0 Å². The van der Waals surface area contributed by atoms with Crippen LogP contribution >= 0.6 is 0 Å². The van der Waals surface area contributed by atoms with Crippen LogP contribution in [0, 0.1) is 6.92 Å². The van der Waals surface area contributed by atoms with Crippen molar-refractivity contribution in [3.05, 3.63) is 89.7 Å². The summed E-state index contributed by atoms with van der Waals surface area (Å²) >= 11 is 0. The zero-order valence-corrected chi connectivity index (χ0v) is 15.4. The van der Waals surface area contributed by atoms with Gasteiger partial charge in [-0.1, -0.05) is 48.0 Å². The number of ketones is 1. The van der Waals surface area contributed by atoms with Crippen LogP contribution in [0.2, 0.25) is 0 Å². The number of amides is 1. The third-order valence-electron chi connectivity index (χ3n) is 4.03. The summed E-state index contributed by atoms with van der Waals surface area (Å²) in [6.45, 7) is 1.63. The molecule has 0 saturated carbocycles. The van der Waals surface area contributed by atoms with Crippen LogP contribution in [0.3, 0.4) is 0 Å². The highest BCUT2D eigenvalue weighted by atomic mass is 32.2. The summed E-state index contributed by atoms with van der Waals surface area (Å²) in [5.74, 6) is -0.900. The number of nitrogens with one attached hydrogen (secondary N) is 1. The van der Waals surface area contributed by atoms with Gasteiger partial charge in [0.2, 0.25) is 0 Å². The van der Waals surface area contributed by atoms with Gasteiger partial charge in [0.15, 0.2) is 5.78 Å². The first kappa shape index (κ1) is 18.6. The van der Waals surface area contributed by atoms with E-state index in [0.29, 0.717) is 5.56 Å². The number of benzene rings is 2. The van der Waals surface area contributed by atoms with Gasteiger partial charge in [0.1, 0.15) is 5.69 Å². The van der Waals surface area contributed by atoms with Crippen molar-refractivity contribution in [3.8, 4) is 0 Å². The van der Waals surface area contributed by atoms with E-state index in [1.807, 2.05) is 6.92 Å². The Morgan fingerprint density at radius 1 is 0.926 bits per heavy atom. The highest BCUT2D eigenvalue weighted by molar-refractivity contribution is 7.90. The van der Waals surface area contributed by atoms with E-state index in [1.165, 1.54) is 30.5 Å². The lowest BCUT2D eigenvalue weighted by atomic mass is 10.1. The van der Waals surface area contributed by atoms with Gasteiger partial charge in [0, 0.05) is 11.8 Å². The van der Waals surface area contributed by atoms with Crippen LogP contribution in [0.25, 0.3) is 0 Å². The van der Waals surface area contributed by atoms with E-state index in [1.54, 1.807) is 42.5 Å². The number of hydrogen-bond acceptors (Lipinski definition) is 4. The molecule has 0 saturated heterocycles. The Morgan fingerprint density at radius 3 is 2.26 bits per heavy atom. The molecule has 0 radical (unpaired) electrons. The third-order valence-corrected chi connectivity index (χ3v) is 5.73. The summed E-state index contributed by atoms with van der Waals surface area (Å²) in [5.41, 5.74) is 1.34. The third kappa shape index (κ3) is 3.98. The monoisotopic (exact) mass is 382 g/mol. The molecule has 0 fully saturated rings. The quantitative estimate of drug-likeness (QED) is 0.664. The minimum absolute atomic E-state index is 0.0589. The Bertz CT molecular complexity index is 1070. The van der Waals surface area contributed by atoms with E-state index in [-0.39, 0.29) is 22.9 Å². The van der Waals surface area contributed by atoms with E-state index >= 15 is 0 Å². The normalized spacial score (nSPS) is 11.1. The lowest BCUT2D eigenvalue weighted by Crippen LogP contribution is -2.32. The largest absolute Gasteiger partial charge is 0.343 e. The smallest absolute Gasteiger partial charge is 0.269 e. The second kappa shape index (κ2) is 7.59. The highest BCUT2D eigenvalue weighted by Crippen LogP contribution is 2.17. The predicted octanol–water partition coefficient (Wildman–Crippen LogP) is 2.65. The van der Waals surface area contributed by atoms with Crippen LogP contribution in [0.4, 0.5) is 0 Å². The maximum atomic E-state index is 12.8. The topological polar surface area (TPSA) is 85.2 Å². The van der Waals surface area contributed by atoms with Crippen molar-refractivity contribution >= 4 is 21.7 Å². The number of carbonyl (C=O) groups is 2. The molecule has 0 atom stereocenters. The van der Waals surface area contributed by atoms with Crippen molar-refractivity contribution in [1.29, 1.82) is 0 Å². The molecule has 0 aliphatic rings. The minimum Gasteiger partial charge on any atom is -0.343 e. The SMILES string of the molecule is Cc1ccc(S(=O)(=O)n2cccc2C(=O)NCC(=O)c2ccccc2)cc1. The Morgan fingerprint density at radius 2 is 1.59 bits per heavy atom. The summed E-state index contributed by atoms with van der Waals surface area (Å²) in [6.07, 6.45) is 1.31. The average Bonchev–Trinajstić information content (AvgIpc) is 3.18. The van der Waals surface area contributed by atoms with E-state index < -0.39 is 15.9 Å². The molecule has 0 unspecified atom stereocenters. The first-order valence-corrected chi connectivity index (χ1v) is 9.69. The van der Waals surface area contributed by atoms with Crippen molar-refractivity contribution < 1.29 is 18.0 Å². The molecule has 1 aromatic heterocycles. The number of nitrogens with zero attached hydrogens (tertiary/aromatic N) is 1. The van der Waals surface area contributed by atoms with Gasteiger partial charge in [0.25, 0.3) is 15.9 Å². The van der Waals surface area contributed by atoms with Crippen LogP contribution < -0.4 is 5.32 Å². The van der Waals surface area contributed by atoms with Crippen LogP contribution in [-0.4, -0.2) is 30.6 Å². The second-order valence-electron chi connectivity index (χ2n) is 5.98. The molecular weight excluding hydrogens is 364 g/mol. The van der Waals surface area contributed by atoms with Crippen LogP contribution in [0.15, 0.2) is 77.8 Å². The van der Waals surface area contributed by atoms with Crippen molar-refractivity contribution in [2.75, 3.05) is 6.54 Å². The first-order valence-electron chi connectivity index (χ1n) is 8.25. The molecule has 1 N–H and O–H groups in total. The minimum atomic E-state index is -3.91. The highest BCUT2D eigenvalue weighted by Gasteiger charge is 2.22. The van der Waals surface area contributed by atoms with Gasteiger partial charge in [-0.2, -0.15) is 0 Å². The molecule has 0 spiro atoms. The number of carbonyl (C=O) groups excluding carboxylic acids is 2. The Balaban J connectivity index is 1.79. The van der Waals surface area contributed by atoms with Gasteiger partial charge < -0.3 is 5.32 Å². The molecule has 2 aromatic carbocycles. The fourth-order valence-corrected chi connectivity index (χ4v) is 3.89. The van der Waals surface area contributed by atoms with Crippen LogP contribution in [-0.2, 0) is 10.0 Å². The molecule has 6 nitrogen and oxygen atoms in total. The Labute approximate surface area is 157 Å². The summed E-state index contributed by atoms with van der Waals surface area (Å²) in [7, 11) is -3.91. The predicted molar refractivity (Wildman–Crippen MR) is 101 cm³/mol. The van der Waals surface area contributed by atoms with E-state index in [9.17, 15) is 18.0 Å². The number of Topliss-reactive ketones (excluding diaryl/α,β-unsaturated/α-hetero) is 1. The van der Waals surface area contributed by atoms with Gasteiger partial charge >= 0.3 is 0 Å². The molecule has 27 heavy (non-hydrogen) atoms. The molecule has 138 valence electrons. The zero-order chi connectivity index (χ0) is 19.4. The fourth-order valence-electron chi connectivity index (χ4n) is 2.55. The lowest BCUT2D eigenvalue weighted by molar-refractivity contribution is 0.0900. The molecule has 0 aliphatic heterocycles. The molecule has 1 heterocycles. The standard InChI is InChI=1S/C20H18N2O4S/c1-15-9-11-17(12-10-15)27(25,26)22-13-5-8-18(22)20(24)21-14-19(23)16-6-3-2-4-7-16/h2-13H,14H2,1H3,(H,21,24). The van der Waals surface area contributed by atoms with Crippen LogP contribution in [0.5, 0.6) is 0 Å². The van der Waals surface area contributed by atoms with Crippen LogP contribution in [0.1, 0.15) is 26.4 Å². The molecule has 0 aliphatic carbocycles. The van der Waals surface area contributed by atoms with Crippen molar-refractivity contribution in [3.63, 3.8) is 0 Å². The van der Waals surface area contributed by atoms with Gasteiger partial charge in [-0.25, -0.2) is 12.4 Å². The second-order valence-corrected chi connectivity index (χ2v) is 7.79. The van der Waals surface area contributed by atoms with E-state index in [0.717, 1.165) is 9.54 Å². The van der Waals surface area contributed by atoms with Crippen molar-refractivity contribution in [1.82, 2.24) is 9.29 Å². The molecule has 1 amide bonds. The van der Waals surface area contributed by atoms with Gasteiger partial charge in [0.05, 0.1) is 11.4 Å². The number of aromatic nitrogens is 1. The molecular formula is C20H18N2O4S. The zero-order valence-electron chi connectivity index (χ0n) is 14.6. The molecule has 3 aromatic rings. The average molecular weight is 382 g/mol. The summed E-state index contributed by atoms with van der Waals surface area (Å²) in [5, 5.41) is 2.48. The number of aryl methyl sites for hydroxylation is 1. The van der Waals surface area contributed by atoms with Crippen molar-refractivity contribution in [2.24, 2.45) is 0 Å². The lowest BCUT2D eigenvalue weighted by Gasteiger charge is -2.11. The summed E-state index contributed by atoms with van der Waals surface area (Å²) in [4.78, 5) is 24.6. The Hall–Kier alpha value is -3.19. The van der Waals surface area contributed by atoms with Gasteiger partial charge in [-0.05, 0) is 31.2 Å². The fraction of sp³-hybridized carbons (Fsp3) is 0.100. The number of rotatable bonds is 6. The van der Waals surface area contributed by atoms with E-state index in [4.69, 9.17) is 0 Å². The maximum absolute atomic E-state index is 12.8. The maximum Gasteiger partial charge on any atom is 0.269 e. The van der Waals surface area contributed by atoms with Gasteiger partial charge in [-0.3, -0.25) is 9.59 Å². The summed E-state index contributed by atoms with van der Waals surface area (Å²) in [6, 6.07) is 17.8. The summed E-state index contributed by atoms with van der Waals surface area (Å²) < 4.78 is 26.5. The number of hydrogen-bond donors (Lipinski definition) is 1. The Kier molecular flexibility index (Phi) is 5.23. The molecule has 3 rings (SSSR count). The molecule has 0 bridgehead atoms. The first-order chi connectivity index (χ1) is 12.9.